The highest BCUT2D eigenvalue weighted by Gasteiger charge is 2.14. The number of nitrogens with zero attached hydrogens (tertiary/aromatic N) is 1. The van der Waals surface area contributed by atoms with Crippen molar-refractivity contribution in [3.05, 3.63) is 70.3 Å². The summed E-state index contributed by atoms with van der Waals surface area (Å²) in [5.41, 5.74) is 1.14. The van der Waals surface area contributed by atoms with Gasteiger partial charge in [0, 0.05) is 10.6 Å². The van der Waals surface area contributed by atoms with Crippen LogP contribution in [0, 0.1) is 11.3 Å². The van der Waals surface area contributed by atoms with Crippen molar-refractivity contribution in [3.63, 3.8) is 0 Å². The van der Waals surface area contributed by atoms with Crippen LogP contribution >= 0.6 is 11.6 Å². The zero-order chi connectivity index (χ0) is 16.8. The fourth-order valence-corrected chi connectivity index (χ4v) is 2.23. The van der Waals surface area contributed by atoms with E-state index in [1.54, 1.807) is 0 Å². The maximum Gasteiger partial charge on any atom is 0.262 e. The summed E-state index contributed by atoms with van der Waals surface area (Å²) in [6.07, 6.45) is 1.31. The Balaban J connectivity index is 2.20. The van der Waals surface area contributed by atoms with Gasteiger partial charge in [-0.3, -0.25) is 4.79 Å². The van der Waals surface area contributed by atoms with Crippen molar-refractivity contribution in [2.45, 2.75) is 13.0 Å². The molecule has 0 bridgehead atoms. The highest BCUT2D eigenvalue weighted by atomic mass is 35.5. The lowest BCUT2D eigenvalue weighted by atomic mass is 10.1. The van der Waals surface area contributed by atoms with Crippen LogP contribution in [-0.4, -0.2) is 11.0 Å². The molecule has 1 amide bonds. The highest BCUT2D eigenvalue weighted by Crippen LogP contribution is 2.24. The van der Waals surface area contributed by atoms with Crippen LogP contribution < -0.4 is 5.32 Å². The third-order valence-electron chi connectivity index (χ3n) is 3.30. The number of rotatable bonds is 4. The minimum Gasteiger partial charge on any atom is -0.507 e. The quantitative estimate of drug-likeness (QED) is 0.662. The van der Waals surface area contributed by atoms with Crippen molar-refractivity contribution >= 4 is 23.6 Å². The Labute approximate surface area is 139 Å². The van der Waals surface area contributed by atoms with Crippen molar-refractivity contribution in [3.8, 4) is 11.8 Å². The summed E-state index contributed by atoms with van der Waals surface area (Å²) in [4.78, 5) is 12.2. The van der Waals surface area contributed by atoms with Crippen LogP contribution in [0.3, 0.4) is 0 Å². The standard InChI is InChI=1S/C18H15ClN2O2/c1-12(13-5-3-2-4-6-13)21-18(23)15(11-20)9-14-10-16(19)7-8-17(14)22/h2-10,12,22H,1H3,(H,21,23)/b15-9+/t12-/m1/s1. The molecule has 0 spiro atoms. The Morgan fingerprint density at radius 2 is 2.00 bits per heavy atom. The molecule has 0 unspecified atom stereocenters. The Hall–Kier alpha value is -2.77. The second-order valence-electron chi connectivity index (χ2n) is 4.98. The van der Waals surface area contributed by atoms with Gasteiger partial charge in [0.2, 0.25) is 0 Å². The van der Waals surface area contributed by atoms with Gasteiger partial charge < -0.3 is 10.4 Å². The molecule has 2 aromatic rings. The average molecular weight is 327 g/mol. The molecule has 2 aromatic carbocycles. The van der Waals surface area contributed by atoms with Crippen molar-refractivity contribution in [1.29, 1.82) is 5.26 Å². The predicted octanol–water partition coefficient (Wildman–Crippen LogP) is 3.83. The highest BCUT2D eigenvalue weighted by molar-refractivity contribution is 6.30. The second-order valence-corrected chi connectivity index (χ2v) is 5.42. The molecule has 1 atom stereocenters. The maximum atomic E-state index is 12.2. The van der Waals surface area contributed by atoms with Crippen LogP contribution in [0.1, 0.15) is 24.1 Å². The van der Waals surface area contributed by atoms with E-state index in [4.69, 9.17) is 11.6 Å². The Kier molecular flexibility index (Phi) is 5.40. The van der Waals surface area contributed by atoms with E-state index in [-0.39, 0.29) is 17.4 Å². The number of nitrogens with one attached hydrogen (secondary N) is 1. The van der Waals surface area contributed by atoms with Gasteiger partial charge in [-0.05, 0) is 36.8 Å². The summed E-state index contributed by atoms with van der Waals surface area (Å²) in [6.45, 7) is 1.83. The van der Waals surface area contributed by atoms with Crippen molar-refractivity contribution < 1.29 is 9.90 Å². The van der Waals surface area contributed by atoms with Gasteiger partial charge in [0.05, 0.1) is 6.04 Å². The van der Waals surface area contributed by atoms with E-state index in [1.165, 1.54) is 24.3 Å². The number of hydrogen-bond acceptors (Lipinski definition) is 3. The number of phenols is 1. The Bertz CT molecular complexity index is 779. The SMILES string of the molecule is C[C@@H](NC(=O)/C(C#N)=C/c1cc(Cl)ccc1O)c1ccccc1. The van der Waals surface area contributed by atoms with Crippen LogP contribution in [-0.2, 0) is 4.79 Å². The summed E-state index contributed by atoms with van der Waals surface area (Å²) in [7, 11) is 0. The Morgan fingerprint density at radius 1 is 1.30 bits per heavy atom. The molecule has 2 rings (SSSR count). The van der Waals surface area contributed by atoms with Gasteiger partial charge >= 0.3 is 0 Å². The topological polar surface area (TPSA) is 73.1 Å². The molecule has 116 valence electrons. The number of hydrogen-bond donors (Lipinski definition) is 2. The van der Waals surface area contributed by atoms with Gasteiger partial charge in [-0.15, -0.1) is 0 Å². The lowest BCUT2D eigenvalue weighted by Gasteiger charge is -2.13. The molecule has 0 fully saturated rings. The van der Waals surface area contributed by atoms with E-state index in [0.29, 0.717) is 10.6 Å². The smallest absolute Gasteiger partial charge is 0.262 e. The van der Waals surface area contributed by atoms with Crippen molar-refractivity contribution in [2.24, 2.45) is 0 Å². The molecular weight excluding hydrogens is 312 g/mol. The zero-order valence-corrected chi connectivity index (χ0v) is 13.2. The van der Waals surface area contributed by atoms with Gasteiger partial charge in [0.15, 0.2) is 0 Å². The number of amides is 1. The molecule has 5 heteroatoms. The van der Waals surface area contributed by atoms with E-state index in [2.05, 4.69) is 5.32 Å². The molecule has 23 heavy (non-hydrogen) atoms. The summed E-state index contributed by atoms with van der Waals surface area (Å²) in [5, 5.41) is 22.1. The van der Waals surface area contributed by atoms with Crippen LogP contribution in [0.25, 0.3) is 6.08 Å². The van der Waals surface area contributed by atoms with Crippen LogP contribution in [0.4, 0.5) is 0 Å². The van der Waals surface area contributed by atoms with Crippen LogP contribution in [0.2, 0.25) is 5.02 Å². The monoisotopic (exact) mass is 326 g/mol. The molecule has 0 saturated heterocycles. The first-order valence-electron chi connectivity index (χ1n) is 6.97. The summed E-state index contributed by atoms with van der Waals surface area (Å²) < 4.78 is 0. The molecule has 0 aliphatic carbocycles. The first-order chi connectivity index (χ1) is 11.0. The number of phenolic OH excluding ortho intramolecular Hbond substituents is 1. The average Bonchev–Trinajstić information content (AvgIpc) is 2.56. The van der Waals surface area contributed by atoms with E-state index in [9.17, 15) is 15.2 Å². The van der Waals surface area contributed by atoms with Crippen molar-refractivity contribution in [1.82, 2.24) is 5.32 Å². The summed E-state index contributed by atoms with van der Waals surface area (Å²) >= 11 is 5.86. The summed E-state index contributed by atoms with van der Waals surface area (Å²) in [5.74, 6) is -0.561. The van der Waals surface area contributed by atoms with Crippen LogP contribution in [0.15, 0.2) is 54.1 Å². The van der Waals surface area contributed by atoms with Gasteiger partial charge in [-0.2, -0.15) is 5.26 Å². The summed E-state index contributed by atoms with van der Waals surface area (Å²) in [6, 6.07) is 15.5. The van der Waals surface area contributed by atoms with Crippen LogP contribution in [0.5, 0.6) is 5.75 Å². The molecule has 0 aliphatic heterocycles. The fraction of sp³-hybridized carbons (Fsp3) is 0.111. The number of carbonyl (C=O) groups is 1. The molecule has 0 heterocycles. The zero-order valence-electron chi connectivity index (χ0n) is 12.5. The lowest BCUT2D eigenvalue weighted by molar-refractivity contribution is -0.117. The van der Waals surface area contributed by atoms with Gasteiger partial charge in [0.25, 0.3) is 5.91 Å². The van der Waals surface area contributed by atoms with E-state index >= 15 is 0 Å². The largest absolute Gasteiger partial charge is 0.507 e. The fourth-order valence-electron chi connectivity index (χ4n) is 2.04. The minimum atomic E-state index is -0.511. The third kappa shape index (κ3) is 4.35. The molecule has 4 nitrogen and oxygen atoms in total. The van der Waals surface area contributed by atoms with Gasteiger partial charge in [-0.1, -0.05) is 41.9 Å². The van der Waals surface area contributed by atoms with Gasteiger partial charge in [-0.25, -0.2) is 0 Å². The van der Waals surface area contributed by atoms with Gasteiger partial charge in [0.1, 0.15) is 17.4 Å². The molecule has 0 saturated carbocycles. The van der Waals surface area contributed by atoms with E-state index < -0.39 is 5.91 Å². The molecule has 2 N–H and O–H groups in total. The third-order valence-corrected chi connectivity index (χ3v) is 3.54. The van der Waals surface area contributed by atoms with Crippen molar-refractivity contribution in [2.75, 3.05) is 0 Å². The second kappa shape index (κ2) is 7.48. The molecule has 0 radical (unpaired) electrons. The Morgan fingerprint density at radius 3 is 2.65 bits per heavy atom. The number of aromatic hydroxyl groups is 1. The first kappa shape index (κ1) is 16.6. The number of carbonyl (C=O) groups excluding carboxylic acids is 1. The first-order valence-corrected chi connectivity index (χ1v) is 7.35. The molecule has 0 aliphatic rings. The van der Waals surface area contributed by atoms with E-state index in [0.717, 1.165) is 5.56 Å². The predicted molar refractivity (Wildman–Crippen MR) is 89.7 cm³/mol. The number of benzene rings is 2. The lowest BCUT2D eigenvalue weighted by Crippen LogP contribution is -2.27. The normalized spacial score (nSPS) is 12.3. The molecular formula is C18H15ClN2O2. The molecule has 0 aromatic heterocycles. The maximum absolute atomic E-state index is 12.2. The minimum absolute atomic E-state index is 0.0499. The van der Waals surface area contributed by atoms with E-state index in [1.807, 2.05) is 43.3 Å². The number of nitriles is 1. The number of halogens is 1.